The molecule has 10 nitrogen and oxygen atoms in total. The number of benzene rings is 5. The van der Waals surface area contributed by atoms with Crippen molar-refractivity contribution < 1.29 is 14.0 Å². The number of aromatic nitrogens is 6. The first-order chi connectivity index (χ1) is 34.1. The van der Waals surface area contributed by atoms with E-state index in [4.69, 9.17) is 11.6 Å². The SMILES string of the molecule is CC(C)CNC(=O)CCCCc1nnc(SCc2cccc(Cl)c2)n1CCc1ccccc1.Cc1ccccc1CSc1nnc(CCCCC(=O)NCc2ccc(F)cc2)n1CCc1ccccc1. The molecule has 70 heavy (non-hydrogen) atoms. The Morgan fingerprint density at radius 3 is 1.67 bits per heavy atom. The minimum atomic E-state index is -0.275. The molecule has 14 heteroatoms. The van der Waals surface area contributed by atoms with Crippen LogP contribution in [0.4, 0.5) is 4.39 Å². The number of hydrogen-bond acceptors (Lipinski definition) is 8. The number of hydrogen-bond donors (Lipinski definition) is 2. The number of carbonyl (C=O) groups is 2. The molecule has 0 radical (unpaired) electrons. The van der Waals surface area contributed by atoms with Crippen molar-refractivity contribution in [3.63, 3.8) is 0 Å². The van der Waals surface area contributed by atoms with Gasteiger partial charge in [-0.25, -0.2) is 4.39 Å². The Balaban J connectivity index is 0.000000231. The molecule has 0 fully saturated rings. The van der Waals surface area contributed by atoms with Crippen LogP contribution in [0.25, 0.3) is 0 Å². The second-order valence-electron chi connectivity index (χ2n) is 17.7. The van der Waals surface area contributed by atoms with Crippen LogP contribution >= 0.6 is 35.1 Å². The van der Waals surface area contributed by atoms with E-state index in [1.165, 1.54) is 39.9 Å². The van der Waals surface area contributed by atoms with Gasteiger partial charge in [-0.15, -0.1) is 20.4 Å². The van der Waals surface area contributed by atoms with Crippen molar-refractivity contribution in [1.82, 2.24) is 40.2 Å². The first-order valence-electron chi connectivity index (χ1n) is 24.3. The lowest BCUT2D eigenvalue weighted by molar-refractivity contribution is -0.122. The maximum absolute atomic E-state index is 13.0. The molecule has 5 aromatic carbocycles. The Morgan fingerprint density at radius 1 is 0.586 bits per heavy atom. The Hall–Kier alpha value is -5.76. The summed E-state index contributed by atoms with van der Waals surface area (Å²) in [5, 5.41) is 26.5. The summed E-state index contributed by atoms with van der Waals surface area (Å²) < 4.78 is 17.5. The van der Waals surface area contributed by atoms with Gasteiger partial charge in [-0.3, -0.25) is 9.59 Å². The lowest BCUT2D eigenvalue weighted by atomic mass is 10.1. The molecule has 7 aromatic rings. The minimum absolute atomic E-state index is 0.00402. The topological polar surface area (TPSA) is 120 Å². The highest BCUT2D eigenvalue weighted by Gasteiger charge is 2.16. The summed E-state index contributed by atoms with van der Waals surface area (Å²) in [4.78, 5) is 24.2. The summed E-state index contributed by atoms with van der Waals surface area (Å²) in [6.45, 7) is 9.14. The summed E-state index contributed by atoms with van der Waals surface area (Å²) >= 11 is 9.54. The quantitative estimate of drug-likeness (QED) is 0.0407. The van der Waals surface area contributed by atoms with Crippen molar-refractivity contribution in [3.8, 4) is 0 Å². The third-order valence-corrected chi connectivity index (χ3v) is 13.9. The van der Waals surface area contributed by atoms with Crippen molar-refractivity contribution >= 4 is 46.9 Å². The average molecular weight is 1000 g/mol. The molecule has 0 bridgehead atoms. The van der Waals surface area contributed by atoms with Crippen LogP contribution in [0.15, 0.2) is 144 Å². The number of rotatable bonds is 26. The minimum Gasteiger partial charge on any atom is -0.356 e. The van der Waals surface area contributed by atoms with Crippen LogP contribution in [0.5, 0.6) is 0 Å². The largest absolute Gasteiger partial charge is 0.356 e. The molecule has 0 unspecified atom stereocenters. The van der Waals surface area contributed by atoms with Crippen LogP contribution in [0.3, 0.4) is 0 Å². The molecule has 2 N–H and O–H groups in total. The van der Waals surface area contributed by atoms with Crippen LogP contribution in [-0.4, -0.2) is 47.9 Å². The molecule has 0 spiro atoms. The fraction of sp³-hybridized carbons (Fsp3) is 0.357. The van der Waals surface area contributed by atoms with Crippen molar-refractivity contribution in [1.29, 1.82) is 0 Å². The van der Waals surface area contributed by atoms with Crippen LogP contribution < -0.4 is 10.6 Å². The molecule has 2 aromatic heterocycles. The van der Waals surface area contributed by atoms with Gasteiger partial charge in [-0.05, 0) is 109 Å². The summed E-state index contributed by atoms with van der Waals surface area (Å²) in [7, 11) is 0. The zero-order chi connectivity index (χ0) is 49.3. The lowest BCUT2D eigenvalue weighted by Crippen LogP contribution is -2.26. The van der Waals surface area contributed by atoms with Crippen molar-refractivity contribution in [3.05, 3.63) is 189 Å². The van der Waals surface area contributed by atoms with Gasteiger partial charge in [0.05, 0.1) is 0 Å². The highest BCUT2D eigenvalue weighted by molar-refractivity contribution is 7.98. The van der Waals surface area contributed by atoms with Crippen LogP contribution in [-0.2, 0) is 66.4 Å². The maximum Gasteiger partial charge on any atom is 0.220 e. The Labute approximate surface area is 427 Å². The molecule has 7 rings (SSSR count). The number of unbranched alkanes of at least 4 members (excludes halogenated alkanes) is 2. The monoisotopic (exact) mass is 1000 g/mol. The Bertz CT molecular complexity index is 2640. The van der Waals surface area contributed by atoms with Crippen LogP contribution in [0.2, 0.25) is 5.02 Å². The van der Waals surface area contributed by atoms with E-state index >= 15 is 0 Å². The highest BCUT2D eigenvalue weighted by Crippen LogP contribution is 2.26. The molecule has 2 heterocycles. The van der Waals surface area contributed by atoms with Crippen molar-refractivity contribution in [2.45, 2.75) is 126 Å². The Morgan fingerprint density at radius 2 is 1.11 bits per heavy atom. The number of amides is 2. The zero-order valence-corrected chi connectivity index (χ0v) is 43.1. The number of thioether (sulfide) groups is 2. The first kappa shape index (κ1) is 53.6. The van der Waals surface area contributed by atoms with Gasteiger partial charge in [0.1, 0.15) is 17.5 Å². The van der Waals surface area contributed by atoms with Gasteiger partial charge in [0.25, 0.3) is 0 Å². The number of nitrogens with one attached hydrogen (secondary N) is 2. The second kappa shape index (κ2) is 29.4. The highest BCUT2D eigenvalue weighted by atomic mass is 35.5. The first-order valence-corrected chi connectivity index (χ1v) is 26.7. The molecule has 0 aliphatic carbocycles. The summed E-state index contributed by atoms with van der Waals surface area (Å²) in [6, 6.07) is 43.5. The molecule has 0 atom stereocenters. The molecular weight excluding hydrogens is 935 g/mol. The average Bonchev–Trinajstić information content (AvgIpc) is 3.96. The van der Waals surface area contributed by atoms with E-state index in [1.54, 1.807) is 35.7 Å². The van der Waals surface area contributed by atoms with E-state index in [1.807, 2.05) is 30.3 Å². The molecule has 0 aliphatic rings. The molecule has 0 saturated heterocycles. The van der Waals surface area contributed by atoms with E-state index in [2.05, 4.69) is 140 Å². The predicted molar refractivity (Wildman–Crippen MR) is 283 cm³/mol. The van der Waals surface area contributed by atoms with Gasteiger partial charge >= 0.3 is 0 Å². The smallest absolute Gasteiger partial charge is 0.220 e. The summed E-state index contributed by atoms with van der Waals surface area (Å²) in [5.74, 6) is 3.93. The molecule has 0 aliphatic heterocycles. The van der Waals surface area contributed by atoms with E-state index in [9.17, 15) is 14.0 Å². The molecule has 0 saturated carbocycles. The number of halogens is 2. The molecule has 2 amide bonds. The van der Waals surface area contributed by atoms with Crippen molar-refractivity contribution in [2.75, 3.05) is 6.54 Å². The normalized spacial score (nSPS) is 11.1. The zero-order valence-electron chi connectivity index (χ0n) is 40.7. The summed E-state index contributed by atoms with van der Waals surface area (Å²) in [6.07, 6.45) is 7.83. The third-order valence-electron chi connectivity index (χ3n) is 11.6. The number of aryl methyl sites for hydroxylation is 5. The van der Waals surface area contributed by atoms with E-state index < -0.39 is 0 Å². The standard InChI is InChI=1S/C30H33FN4OS.C26H33ClN4OS/c1-23-9-5-6-12-26(23)22-37-30-34-33-28(35(30)20-19-24-10-3-2-4-11-24)13-7-8-14-29(36)32-21-25-15-17-27(31)18-16-25;1-20(2)18-28-25(32)14-7-6-13-24-29-30-26(33-19-22-11-8-12-23(27)17-22)31(24)16-15-21-9-4-3-5-10-21/h2-6,9-12,15-18H,7-8,13-14,19-22H2,1H3,(H,32,36);3-5,8-12,17,20H,6-7,13-16,18-19H2,1-2H3,(H,28,32). The fourth-order valence-corrected chi connectivity index (χ4v) is 9.76. The number of carbonyl (C=O) groups excluding carboxylic acids is 2. The van der Waals surface area contributed by atoms with Crippen LogP contribution in [0.1, 0.15) is 97.4 Å². The van der Waals surface area contributed by atoms with Crippen LogP contribution in [0, 0.1) is 18.7 Å². The lowest BCUT2D eigenvalue weighted by Gasteiger charge is -2.11. The summed E-state index contributed by atoms with van der Waals surface area (Å²) in [5.41, 5.74) is 7.22. The maximum atomic E-state index is 13.0. The Kier molecular flexibility index (Phi) is 22.5. The van der Waals surface area contributed by atoms with Gasteiger partial charge in [0.2, 0.25) is 11.8 Å². The van der Waals surface area contributed by atoms with Gasteiger partial charge in [0.15, 0.2) is 10.3 Å². The number of nitrogens with zero attached hydrogens (tertiary/aromatic N) is 6. The van der Waals surface area contributed by atoms with Gasteiger partial charge in [-0.2, -0.15) is 0 Å². The van der Waals surface area contributed by atoms with E-state index in [0.717, 1.165) is 115 Å². The van der Waals surface area contributed by atoms with E-state index in [-0.39, 0.29) is 17.6 Å². The predicted octanol–water partition coefficient (Wildman–Crippen LogP) is 12.2. The molecular formula is C56H66ClFN8O2S2. The van der Waals surface area contributed by atoms with Gasteiger partial charge < -0.3 is 19.8 Å². The third kappa shape index (κ3) is 18.9. The van der Waals surface area contributed by atoms with E-state index in [0.29, 0.717) is 25.3 Å². The fourth-order valence-electron chi connectivity index (χ4n) is 7.57. The van der Waals surface area contributed by atoms with Gasteiger partial charge in [0, 0.05) is 68.4 Å². The van der Waals surface area contributed by atoms with Crippen molar-refractivity contribution in [2.24, 2.45) is 5.92 Å². The second-order valence-corrected chi connectivity index (χ2v) is 20.0. The molecule has 368 valence electrons. The van der Waals surface area contributed by atoms with Gasteiger partial charge in [-0.1, -0.05) is 158 Å².